The molecule has 6 heteroatoms. The maximum absolute atomic E-state index is 8.44. The maximum atomic E-state index is 8.44. The van der Waals surface area contributed by atoms with Crippen LogP contribution >= 0.6 is 0 Å². The zero-order chi connectivity index (χ0) is 17.0. The van der Waals surface area contributed by atoms with Crippen LogP contribution in [-0.4, -0.2) is 13.1 Å². The number of hydrogen-bond acceptors (Lipinski definition) is 4. The van der Waals surface area contributed by atoms with Crippen LogP contribution in [0.1, 0.15) is 24.0 Å². The molecular formula is C18H24N6. The van der Waals surface area contributed by atoms with Gasteiger partial charge in [-0.1, -0.05) is 35.4 Å². The molecule has 2 rings (SSSR count). The van der Waals surface area contributed by atoms with Crippen LogP contribution in [0.25, 0.3) is 10.4 Å². The van der Waals surface area contributed by atoms with Crippen molar-refractivity contribution in [3.05, 3.63) is 70.1 Å². The molecule has 4 N–H and O–H groups in total. The average molecular weight is 324 g/mol. The Morgan fingerprint density at radius 3 is 2.17 bits per heavy atom. The van der Waals surface area contributed by atoms with Crippen molar-refractivity contribution in [2.45, 2.75) is 25.9 Å². The predicted molar refractivity (Wildman–Crippen MR) is 98.7 cm³/mol. The van der Waals surface area contributed by atoms with Gasteiger partial charge in [0, 0.05) is 29.4 Å². The standard InChI is InChI=1S/C18H24N6/c19-17-7-3-5-15(11-17)13-21-9-1-2-10-22-14-16-6-4-8-18(12-16)23-24-20/h3-8,11-12,21-22H,1-2,9-10,13-14,19H2. The van der Waals surface area contributed by atoms with E-state index in [1.807, 2.05) is 36.4 Å². The highest BCUT2D eigenvalue weighted by Gasteiger charge is 1.96. The Bertz CT molecular complexity index is 679. The van der Waals surface area contributed by atoms with E-state index in [0.29, 0.717) is 5.69 Å². The van der Waals surface area contributed by atoms with Crippen molar-refractivity contribution >= 4 is 11.4 Å². The molecule has 0 atom stereocenters. The van der Waals surface area contributed by atoms with Gasteiger partial charge in [0.25, 0.3) is 0 Å². The lowest BCUT2D eigenvalue weighted by Crippen LogP contribution is -2.18. The summed E-state index contributed by atoms with van der Waals surface area (Å²) >= 11 is 0. The van der Waals surface area contributed by atoms with E-state index < -0.39 is 0 Å². The number of nitrogens with one attached hydrogen (secondary N) is 2. The molecule has 0 aromatic heterocycles. The molecule has 2 aromatic carbocycles. The number of nitrogens with two attached hydrogens (primary N) is 1. The van der Waals surface area contributed by atoms with Crippen molar-refractivity contribution in [1.29, 1.82) is 0 Å². The largest absolute Gasteiger partial charge is 0.399 e. The zero-order valence-corrected chi connectivity index (χ0v) is 13.8. The van der Waals surface area contributed by atoms with Crippen LogP contribution in [0.4, 0.5) is 11.4 Å². The first-order chi connectivity index (χ1) is 11.8. The Balaban J connectivity index is 1.54. The molecular weight excluding hydrogens is 300 g/mol. The molecule has 0 aliphatic carbocycles. The summed E-state index contributed by atoms with van der Waals surface area (Å²) in [5.41, 5.74) is 18.0. The van der Waals surface area contributed by atoms with Gasteiger partial charge in [-0.3, -0.25) is 0 Å². The van der Waals surface area contributed by atoms with Crippen LogP contribution in [0.2, 0.25) is 0 Å². The number of azide groups is 1. The van der Waals surface area contributed by atoms with Crippen molar-refractivity contribution < 1.29 is 0 Å². The highest BCUT2D eigenvalue weighted by Crippen LogP contribution is 2.14. The van der Waals surface area contributed by atoms with Gasteiger partial charge < -0.3 is 16.4 Å². The minimum absolute atomic E-state index is 0.655. The van der Waals surface area contributed by atoms with E-state index in [1.165, 1.54) is 5.56 Å². The van der Waals surface area contributed by atoms with E-state index in [9.17, 15) is 0 Å². The molecule has 0 aliphatic heterocycles. The Morgan fingerprint density at radius 2 is 1.54 bits per heavy atom. The van der Waals surface area contributed by atoms with Gasteiger partial charge >= 0.3 is 0 Å². The maximum Gasteiger partial charge on any atom is 0.0378 e. The fourth-order valence-corrected chi connectivity index (χ4v) is 2.45. The number of hydrogen-bond donors (Lipinski definition) is 3. The molecule has 126 valence electrons. The molecule has 0 radical (unpaired) electrons. The summed E-state index contributed by atoms with van der Waals surface area (Å²) in [5.74, 6) is 0. The number of unbranched alkanes of at least 4 members (excludes halogenated alkanes) is 1. The minimum atomic E-state index is 0.655. The molecule has 0 saturated carbocycles. The molecule has 0 unspecified atom stereocenters. The Kier molecular flexibility index (Phi) is 7.63. The SMILES string of the molecule is [N-]=[N+]=Nc1cccc(CNCCCCNCc2cccc(N)c2)c1. The Morgan fingerprint density at radius 1 is 0.917 bits per heavy atom. The third-order valence-corrected chi connectivity index (χ3v) is 3.64. The predicted octanol–water partition coefficient (Wildman–Crippen LogP) is 3.87. The van der Waals surface area contributed by atoms with Crippen LogP contribution < -0.4 is 16.4 Å². The highest BCUT2D eigenvalue weighted by atomic mass is 15.1. The van der Waals surface area contributed by atoms with Gasteiger partial charge in [0.05, 0.1) is 0 Å². The lowest BCUT2D eigenvalue weighted by atomic mass is 10.2. The number of nitrogen functional groups attached to an aromatic ring is 1. The summed E-state index contributed by atoms with van der Waals surface area (Å²) in [6, 6.07) is 15.6. The number of rotatable bonds is 10. The summed E-state index contributed by atoms with van der Waals surface area (Å²) in [7, 11) is 0. The lowest BCUT2D eigenvalue weighted by Gasteiger charge is -2.07. The van der Waals surface area contributed by atoms with E-state index in [2.05, 4.69) is 26.7 Å². The van der Waals surface area contributed by atoms with Gasteiger partial charge in [0.15, 0.2) is 0 Å². The van der Waals surface area contributed by atoms with Crippen LogP contribution in [-0.2, 0) is 13.1 Å². The first-order valence-corrected chi connectivity index (χ1v) is 8.18. The number of anilines is 1. The van der Waals surface area contributed by atoms with Crippen molar-refractivity contribution in [1.82, 2.24) is 10.6 Å². The second-order valence-electron chi connectivity index (χ2n) is 5.67. The van der Waals surface area contributed by atoms with Crippen molar-refractivity contribution in [3.63, 3.8) is 0 Å². The normalized spacial score (nSPS) is 10.3. The van der Waals surface area contributed by atoms with Crippen molar-refractivity contribution in [2.75, 3.05) is 18.8 Å². The van der Waals surface area contributed by atoms with E-state index in [4.69, 9.17) is 11.3 Å². The molecule has 6 nitrogen and oxygen atoms in total. The average Bonchev–Trinajstić information content (AvgIpc) is 2.58. The molecule has 24 heavy (non-hydrogen) atoms. The van der Waals surface area contributed by atoms with E-state index in [1.54, 1.807) is 6.07 Å². The summed E-state index contributed by atoms with van der Waals surface area (Å²) in [6.07, 6.45) is 2.23. The topological polar surface area (TPSA) is 98.8 Å². The molecule has 0 aliphatic rings. The van der Waals surface area contributed by atoms with E-state index in [-0.39, 0.29) is 0 Å². The van der Waals surface area contributed by atoms with Crippen LogP contribution in [0, 0.1) is 0 Å². The van der Waals surface area contributed by atoms with Crippen molar-refractivity contribution in [2.24, 2.45) is 5.11 Å². The summed E-state index contributed by atoms with van der Waals surface area (Å²) in [4.78, 5) is 2.80. The van der Waals surface area contributed by atoms with Crippen LogP contribution in [0.5, 0.6) is 0 Å². The molecule has 0 bridgehead atoms. The van der Waals surface area contributed by atoms with Gasteiger partial charge in [-0.15, -0.1) is 0 Å². The second-order valence-corrected chi connectivity index (χ2v) is 5.67. The molecule has 0 fully saturated rings. The summed E-state index contributed by atoms with van der Waals surface area (Å²) in [5, 5.41) is 10.4. The highest BCUT2D eigenvalue weighted by molar-refractivity contribution is 5.40. The third-order valence-electron chi connectivity index (χ3n) is 3.64. The molecule has 2 aromatic rings. The first kappa shape index (κ1) is 17.8. The van der Waals surface area contributed by atoms with E-state index in [0.717, 1.165) is 50.3 Å². The Hall–Kier alpha value is -2.53. The van der Waals surface area contributed by atoms with Crippen LogP contribution in [0.15, 0.2) is 53.6 Å². The first-order valence-electron chi connectivity index (χ1n) is 8.18. The lowest BCUT2D eigenvalue weighted by molar-refractivity contribution is 0.582. The molecule has 0 amide bonds. The van der Waals surface area contributed by atoms with Gasteiger partial charge in [-0.25, -0.2) is 0 Å². The van der Waals surface area contributed by atoms with Gasteiger partial charge in [-0.05, 0) is 60.8 Å². The fourth-order valence-electron chi connectivity index (χ4n) is 2.45. The Labute approximate surface area is 142 Å². The molecule has 0 heterocycles. The number of nitrogens with zero attached hydrogens (tertiary/aromatic N) is 3. The van der Waals surface area contributed by atoms with Crippen LogP contribution in [0.3, 0.4) is 0 Å². The van der Waals surface area contributed by atoms with Gasteiger partial charge in [0.1, 0.15) is 0 Å². The number of benzene rings is 2. The van der Waals surface area contributed by atoms with Crippen molar-refractivity contribution in [3.8, 4) is 0 Å². The smallest absolute Gasteiger partial charge is 0.0378 e. The molecule has 0 spiro atoms. The molecule has 0 saturated heterocycles. The van der Waals surface area contributed by atoms with Gasteiger partial charge in [0.2, 0.25) is 0 Å². The monoisotopic (exact) mass is 324 g/mol. The summed E-state index contributed by atoms with van der Waals surface area (Å²) in [6.45, 7) is 3.59. The quantitative estimate of drug-likeness (QED) is 0.203. The fraction of sp³-hybridized carbons (Fsp3) is 0.333. The second kappa shape index (κ2) is 10.3. The van der Waals surface area contributed by atoms with E-state index >= 15 is 0 Å². The minimum Gasteiger partial charge on any atom is -0.399 e. The third kappa shape index (κ3) is 6.71. The zero-order valence-electron chi connectivity index (χ0n) is 13.8. The van der Waals surface area contributed by atoms with Gasteiger partial charge in [-0.2, -0.15) is 0 Å². The summed E-state index contributed by atoms with van der Waals surface area (Å²) < 4.78 is 0.